The van der Waals surface area contributed by atoms with E-state index in [2.05, 4.69) is 20.3 Å². The molecule has 0 aliphatic carbocycles. The van der Waals surface area contributed by atoms with Crippen molar-refractivity contribution in [3.05, 3.63) is 53.9 Å². The number of carbonyl (C=O) groups is 1. The van der Waals surface area contributed by atoms with Crippen LogP contribution in [0.25, 0.3) is 27.6 Å². The summed E-state index contributed by atoms with van der Waals surface area (Å²) in [4.78, 5) is 25.4. The standard InChI is InChI=1S/C18H15FN6OS.H2/c1-10(16(20)26)22-17-21-7-6-13(23-17)15-14(11-2-4-12(19)5-3-11)24-18-25(15)8-9-27-18;/h2-10H,1H3,(H2,20,26)(H,21,22,23);1H/t10-;/m1./s1. The maximum Gasteiger partial charge on any atom is 0.239 e. The van der Waals surface area contributed by atoms with Crippen molar-refractivity contribution in [3.8, 4) is 22.6 Å². The molecule has 3 N–H and O–H groups in total. The lowest BCUT2D eigenvalue weighted by atomic mass is 10.1. The number of rotatable bonds is 5. The van der Waals surface area contributed by atoms with Gasteiger partial charge in [-0.3, -0.25) is 9.20 Å². The molecule has 0 unspecified atom stereocenters. The van der Waals surface area contributed by atoms with Crippen LogP contribution in [0.5, 0.6) is 0 Å². The third kappa shape index (κ3) is 3.24. The molecular weight excluding hydrogens is 367 g/mol. The zero-order valence-corrected chi connectivity index (χ0v) is 15.1. The second kappa shape index (κ2) is 6.76. The lowest BCUT2D eigenvalue weighted by Crippen LogP contribution is -2.33. The zero-order valence-electron chi connectivity index (χ0n) is 14.3. The lowest BCUT2D eigenvalue weighted by molar-refractivity contribution is -0.118. The Morgan fingerprint density at radius 2 is 2.07 bits per heavy atom. The minimum Gasteiger partial charge on any atom is -0.368 e. The van der Waals surface area contributed by atoms with E-state index in [1.165, 1.54) is 23.5 Å². The van der Waals surface area contributed by atoms with E-state index < -0.39 is 11.9 Å². The fourth-order valence-electron chi connectivity index (χ4n) is 2.66. The number of amides is 1. The molecule has 27 heavy (non-hydrogen) atoms. The fraction of sp³-hybridized carbons (Fsp3) is 0.111. The number of imidazole rings is 1. The van der Waals surface area contributed by atoms with E-state index in [1.807, 2.05) is 16.0 Å². The van der Waals surface area contributed by atoms with Crippen molar-refractivity contribution in [1.82, 2.24) is 19.4 Å². The van der Waals surface area contributed by atoms with Gasteiger partial charge in [-0.15, -0.1) is 11.3 Å². The van der Waals surface area contributed by atoms with Crippen LogP contribution in [0.2, 0.25) is 0 Å². The van der Waals surface area contributed by atoms with Crippen molar-refractivity contribution in [1.29, 1.82) is 0 Å². The van der Waals surface area contributed by atoms with Crippen LogP contribution >= 0.6 is 11.3 Å². The molecule has 0 radical (unpaired) electrons. The van der Waals surface area contributed by atoms with E-state index in [9.17, 15) is 9.18 Å². The molecule has 0 saturated heterocycles. The van der Waals surface area contributed by atoms with Gasteiger partial charge in [-0.25, -0.2) is 19.3 Å². The number of primary amides is 1. The molecule has 0 spiro atoms. The minimum atomic E-state index is -0.608. The number of aromatic nitrogens is 4. The number of thiazole rings is 1. The van der Waals surface area contributed by atoms with Gasteiger partial charge < -0.3 is 11.1 Å². The van der Waals surface area contributed by atoms with Gasteiger partial charge >= 0.3 is 0 Å². The summed E-state index contributed by atoms with van der Waals surface area (Å²) in [7, 11) is 0. The molecule has 0 saturated carbocycles. The maximum atomic E-state index is 13.3. The normalized spacial score (nSPS) is 12.2. The Bertz CT molecular complexity index is 1130. The molecule has 4 rings (SSSR count). The summed E-state index contributed by atoms with van der Waals surface area (Å²) in [5.74, 6) is -0.523. The van der Waals surface area contributed by atoms with Crippen molar-refractivity contribution < 1.29 is 10.6 Å². The number of benzene rings is 1. The molecule has 0 aliphatic heterocycles. The first-order chi connectivity index (χ1) is 13.0. The number of hydrogen-bond donors (Lipinski definition) is 2. The van der Waals surface area contributed by atoms with Crippen LogP contribution in [0.15, 0.2) is 48.1 Å². The van der Waals surface area contributed by atoms with Gasteiger partial charge in [0.05, 0.1) is 11.4 Å². The predicted molar refractivity (Wildman–Crippen MR) is 104 cm³/mol. The van der Waals surface area contributed by atoms with E-state index in [1.54, 1.807) is 31.3 Å². The first kappa shape index (κ1) is 17.1. The van der Waals surface area contributed by atoms with Gasteiger partial charge in [0, 0.05) is 24.8 Å². The van der Waals surface area contributed by atoms with Crippen LogP contribution < -0.4 is 11.1 Å². The SMILES string of the molecule is C[C@@H](Nc1nccc(-c2c(-c3ccc(F)cc3)nc3sccn23)n1)C(N)=O.[HH]. The molecule has 3 aromatic heterocycles. The van der Waals surface area contributed by atoms with Crippen LogP contribution in [0.4, 0.5) is 10.3 Å². The lowest BCUT2D eigenvalue weighted by Gasteiger charge is -2.11. The summed E-state index contributed by atoms with van der Waals surface area (Å²) in [5.41, 5.74) is 8.14. The third-order valence-corrected chi connectivity index (χ3v) is 4.81. The van der Waals surface area contributed by atoms with E-state index in [4.69, 9.17) is 5.73 Å². The molecular formula is C18H17FN6OS. The summed E-state index contributed by atoms with van der Waals surface area (Å²) < 4.78 is 15.2. The molecule has 138 valence electrons. The van der Waals surface area contributed by atoms with Crippen molar-refractivity contribution in [2.24, 2.45) is 5.73 Å². The van der Waals surface area contributed by atoms with Crippen molar-refractivity contribution >= 4 is 28.2 Å². The van der Waals surface area contributed by atoms with E-state index in [-0.39, 0.29) is 13.2 Å². The smallest absolute Gasteiger partial charge is 0.239 e. The largest absolute Gasteiger partial charge is 0.368 e. The molecule has 7 nitrogen and oxygen atoms in total. The van der Waals surface area contributed by atoms with Gasteiger partial charge in [0.1, 0.15) is 17.6 Å². The average Bonchev–Trinajstić information content (AvgIpc) is 3.23. The molecule has 0 aliphatic rings. The maximum absolute atomic E-state index is 13.3. The number of nitrogens with one attached hydrogen (secondary N) is 1. The second-order valence-corrected chi connectivity index (χ2v) is 6.78. The Morgan fingerprint density at radius 3 is 2.81 bits per heavy atom. The fourth-order valence-corrected chi connectivity index (χ4v) is 3.38. The second-order valence-electron chi connectivity index (χ2n) is 5.91. The van der Waals surface area contributed by atoms with E-state index in [0.29, 0.717) is 11.4 Å². The van der Waals surface area contributed by atoms with Gasteiger partial charge in [0.25, 0.3) is 0 Å². The molecule has 1 aromatic carbocycles. The van der Waals surface area contributed by atoms with Crippen LogP contribution in [0.1, 0.15) is 8.35 Å². The molecule has 0 fully saturated rings. The van der Waals surface area contributed by atoms with Crippen LogP contribution in [0.3, 0.4) is 0 Å². The van der Waals surface area contributed by atoms with Crippen LogP contribution in [-0.4, -0.2) is 31.3 Å². The monoisotopic (exact) mass is 384 g/mol. The minimum absolute atomic E-state index is 0. The van der Waals surface area contributed by atoms with E-state index in [0.717, 1.165) is 16.2 Å². The average molecular weight is 384 g/mol. The first-order valence-electron chi connectivity index (χ1n) is 8.13. The Morgan fingerprint density at radius 1 is 1.30 bits per heavy atom. The summed E-state index contributed by atoms with van der Waals surface area (Å²) in [5, 5.41) is 4.81. The molecule has 4 aromatic rings. The van der Waals surface area contributed by atoms with Gasteiger partial charge in [-0.2, -0.15) is 0 Å². The quantitative estimate of drug-likeness (QED) is 0.551. The summed E-state index contributed by atoms with van der Waals surface area (Å²) in [6.45, 7) is 1.64. The highest BCUT2D eigenvalue weighted by Crippen LogP contribution is 2.33. The number of carbonyl (C=O) groups excluding carboxylic acids is 1. The molecule has 1 atom stereocenters. The Hall–Kier alpha value is -3.33. The highest BCUT2D eigenvalue weighted by atomic mass is 32.1. The Kier molecular flexibility index (Phi) is 4.28. The Balaban J connectivity index is 0.00000225. The molecule has 0 bridgehead atoms. The number of fused-ring (bicyclic) bond motifs is 1. The molecule has 9 heteroatoms. The molecule has 3 heterocycles. The van der Waals surface area contributed by atoms with Crippen molar-refractivity contribution in [3.63, 3.8) is 0 Å². The van der Waals surface area contributed by atoms with Crippen molar-refractivity contribution in [2.75, 3.05) is 5.32 Å². The Labute approximate surface area is 159 Å². The highest BCUT2D eigenvalue weighted by Gasteiger charge is 2.19. The molecule has 1 amide bonds. The number of anilines is 1. The topological polar surface area (TPSA) is 98.2 Å². The summed E-state index contributed by atoms with van der Waals surface area (Å²) in [6.07, 6.45) is 3.50. The van der Waals surface area contributed by atoms with Crippen LogP contribution in [-0.2, 0) is 4.79 Å². The third-order valence-electron chi connectivity index (χ3n) is 4.05. The van der Waals surface area contributed by atoms with Crippen molar-refractivity contribution in [2.45, 2.75) is 13.0 Å². The van der Waals surface area contributed by atoms with Gasteiger partial charge in [-0.1, -0.05) is 0 Å². The number of nitrogens with zero attached hydrogens (tertiary/aromatic N) is 4. The van der Waals surface area contributed by atoms with Crippen LogP contribution in [0, 0.1) is 5.82 Å². The highest BCUT2D eigenvalue weighted by molar-refractivity contribution is 7.15. The number of hydrogen-bond acceptors (Lipinski definition) is 6. The number of halogens is 1. The van der Waals surface area contributed by atoms with E-state index >= 15 is 0 Å². The van der Waals surface area contributed by atoms with Gasteiger partial charge in [-0.05, 0) is 37.3 Å². The summed E-state index contributed by atoms with van der Waals surface area (Å²) >= 11 is 1.49. The van der Waals surface area contributed by atoms with Gasteiger partial charge in [0.15, 0.2) is 4.96 Å². The van der Waals surface area contributed by atoms with Gasteiger partial charge in [0.2, 0.25) is 11.9 Å². The first-order valence-corrected chi connectivity index (χ1v) is 9.01. The number of nitrogens with two attached hydrogens (primary N) is 1. The zero-order chi connectivity index (χ0) is 19.0. The predicted octanol–water partition coefficient (Wildman–Crippen LogP) is 3.19. The summed E-state index contributed by atoms with van der Waals surface area (Å²) in [6, 6.07) is 7.31.